The highest BCUT2D eigenvalue weighted by Gasteiger charge is 2.44. The molecule has 326 valence electrons. The molecule has 1 N–H and O–H groups in total. The van der Waals surface area contributed by atoms with Crippen molar-refractivity contribution in [3.05, 3.63) is 0 Å². The maximum atomic E-state index is 13.0. The average Bonchev–Trinajstić information content (AvgIpc) is 3.93. The highest BCUT2D eigenvalue weighted by Crippen LogP contribution is 2.53. The summed E-state index contributed by atoms with van der Waals surface area (Å²) in [7, 11) is 0. The second-order valence-corrected chi connectivity index (χ2v) is 18.7. The number of unbranched alkanes of at least 4 members (excludes halogenated alkanes) is 19. The number of esters is 2. The minimum absolute atomic E-state index is 0.0236. The molecule has 0 saturated heterocycles. The number of carbonyl (C=O) groups is 2. The molecule has 0 bridgehead atoms. The van der Waals surface area contributed by atoms with E-state index in [0.29, 0.717) is 32.0 Å². The first-order valence-corrected chi connectivity index (χ1v) is 24.3. The zero-order chi connectivity index (χ0) is 40.3. The van der Waals surface area contributed by atoms with Crippen LogP contribution < -0.4 is 0 Å². The van der Waals surface area contributed by atoms with Gasteiger partial charge in [0.05, 0.1) is 19.6 Å². The molecule has 6 heteroatoms. The zero-order valence-corrected chi connectivity index (χ0v) is 37.7. The van der Waals surface area contributed by atoms with Gasteiger partial charge in [-0.2, -0.15) is 0 Å². The van der Waals surface area contributed by atoms with E-state index in [2.05, 4.69) is 39.5 Å². The van der Waals surface area contributed by atoms with E-state index >= 15 is 0 Å². The molecule has 0 amide bonds. The molecule has 0 radical (unpaired) electrons. The van der Waals surface area contributed by atoms with Crippen LogP contribution in [0.15, 0.2) is 0 Å². The third kappa shape index (κ3) is 31.5. The smallest absolute Gasteiger partial charge is 0.306 e. The Morgan fingerprint density at radius 1 is 0.600 bits per heavy atom. The molecule has 0 aromatic heterocycles. The van der Waals surface area contributed by atoms with Crippen molar-refractivity contribution >= 4 is 11.9 Å². The van der Waals surface area contributed by atoms with Crippen molar-refractivity contribution in [2.24, 2.45) is 16.7 Å². The second-order valence-electron chi connectivity index (χ2n) is 18.7. The summed E-state index contributed by atoms with van der Waals surface area (Å²) in [4.78, 5) is 27.9. The summed E-state index contributed by atoms with van der Waals surface area (Å²) in [5.74, 6) is 0.564. The summed E-state index contributed by atoms with van der Waals surface area (Å²) in [6, 6.07) is 0. The van der Waals surface area contributed by atoms with Gasteiger partial charge in [-0.25, -0.2) is 0 Å². The Bertz CT molecular complexity index is 873. The van der Waals surface area contributed by atoms with Gasteiger partial charge in [0.25, 0.3) is 0 Å². The van der Waals surface area contributed by atoms with E-state index in [9.17, 15) is 14.7 Å². The molecule has 0 unspecified atom stereocenters. The third-order valence-corrected chi connectivity index (χ3v) is 12.4. The first kappa shape index (κ1) is 51.9. The lowest BCUT2D eigenvalue weighted by Gasteiger charge is -2.25. The second kappa shape index (κ2) is 34.9. The number of aliphatic hydroxyl groups is 1. The predicted molar refractivity (Wildman–Crippen MR) is 235 cm³/mol. The minimum Gasteiger partial charge on any atom is -0.465 e. The van der Waals surface area contributed by atoms with Crippen LogP contribution in [0.3, 0.4) is 0 Å². The van der Waals surface area contributed by atoms with Crippen molar-refractivity contribution in [3.8, 4) is 0 Å². The number of aliphatic hydroxyl groups excluding tert-OH is 1. The van der Waals surface area contributed by atoms with Gasteiger partial charge in [0.15, 0.2) is 0 Å². The molecule has 1 rings (SSSR count). The molecule has 0 heterocycles. The van der Waals surface area contributed by atoms with Gasteiger partial charge >= 0.3 is 11.9 Å². The average molecular weight is 778 g/mol. The molecule has 0 aliphatic heterocycles. The van der Waals surface area contributed by atoms with E-state index in [-0.39, 0.29) is 29.4 Å². The number of hydrogen-bond donors (Lipinski definition) is 1. The van der Waals surface area contributed by atoms with Crippen LogP contribution in [0.25, 0.3) is 0 Å². The van der Waals surface area contributed by atoms with Crippen LogP contribution in [0.5, 0.6) is 0 Å². The van der Waals surface area contributed by atoms with Crippen molar-refractivity contribution in [2.45, 2.75) is 247 Å². The van der Waals surface area contributed by atoms with Crippen molar-refractivity contribution in [3.63, 3.8) is 0 Å². The summed E-state index contributed by atoms with van der Waals surface area (Å²) < 4.78 is 11.7. The molecule has 1 aliphatic carbocycles. The van der Waals surface area contributed by atoms with Crippen LogP contribution in [-0.2, 0) is 19.1 Å². The molecule has 1 aliphatic rings. The van der Waals surface area contributed by atoms with Gasteiger partial charge in [-0.1, -0.05) is 163 Å². The van der Waals surface area contributed by atoms with Gasteiger partial charge in [-0.15, -0.1) is 0 Å². The first-order chi connectivity index (χ1) is 26.7. The molecule has 1 saturated carbocycles. The van der Waals surface area contributed by atoms with E-state index in [0.717, 1.165) is 64.6 Å². The Morgan fingerprint density at radius 2 is 1.09 bits per heavy atom. The first-order valence-electron chi connectivity index (χ1n) is 24.3. The monoisotopic (exact) mass is 778 g/mol. The van der Waals surface area contributed by atoms with Crippen molar-refractivity contribution in [2.75, 3.05) is 39.5 Å². The minimum atomic E-state index is -0.0270. The number of hydrogen-bond acceptors (Lipinski definition) is 6. The summed E-state index contributed by atoms with van der Waals surface area (Å²) in [6.07, 6.45) is 39.0. The molecule has 0 atom stereocenters. The van der Waals surface area contributed by atoms with Crippen LogP contribution >= 0.6 is 0 Å². The van der Waals surface area contributed by atoms with Gasteiger partial charge in [0, 0.05) is 13.0 Å². The Balaban J connectivity index is 2.30. The van der Waals surface area contributed by atoms with Gasteiger partial charge in [-0.3, -0.25) is 9.59 Å². The van der Waals surface area contributed by atoms with Crippen LogP contribution in [0.1, 0.15) is 247 Å². The normalized spacial score (nSPS) is 13.9. The largest absolute Gasteiger partial charge is 0.465 e. The molecule has 0 spiro atoms. The Hall–Kier alpha value is -1.14. The maximum Gasteiger partial charge on any atom is 0.306 e. The quantitative estimate of drug-likeness (QED) is 0.0491. The Morgan fingerprint density at radius 3 is 1.64 bits per heavy atom. The predicted octanol–water partition coefficient (Wildman–Crippen LogP) is 13.9. The molecule has 1 fully saturated rings. The van der Waals surface area contributed by atoms with E-state index in [1.54, 1.807) is 0 Å². The third-order valence-electron chi connectivity index (χ3n) is 12.4. The lowest BCUT2D eigenvalue weighted by molar-refractivity contribution is -0.147. The molecule has 0 aromatic rings. The van der Waals surface area contributed by atoms with Gasteiger partial charge in [-0.05, 0) is 107 Å². The van der Waals surface area contributed by atoms with E-state index < -0.39 is 0 Å². The fraction of sp³-hybridized carbons (Fsp3) is 0.959. The van der Waals surface area contributed by atoms with E-state index in [1.807, 2.05) is 0 Å². The fourth-order valence-electron chi connectivity index (χ4n) is 8.20. The van der Waals surface area contributed by atoms with Gasteiger partial charge in [0.2, 0.25) is 0 Å². The van der Waals surface area contributed by atoms with Crippen molar-refractivity contribution < 1.29 is 24.2 Å². The van der Waals surface area contributed by atoms with Crippen LogP contribution in [0, 0.1) is 16.7 Å². The highest BCUT2D eigenvalue weighted by molar-refractivity contribution is 5.70. The van der Waals surface area contributed by atoms with Crippen LogP contribution in [-0.4, -0.2) is 61.4 Å². The molecule has 6 nitrogen and oxygen atoms in total. The highest BCUT2D eigenvalue weighted by atomic mass is 16.5. The van der Waals surface area contributed by atoms with Gasteiger partial charge in [0.1, 0.15) is 0 Å². The zero-order valence-electron chi connectivity index (χ0n) is 37.7. The lowest BCUT2D eigenvalue weighted by atomic mass is 9.88. The van der Waals surface area contributed by atoms with Crippen molar-refractivity contribution in [1.82, 2.24) is 4.90 Å². The van der Waals surface area contributed by atoms with Gasteiger partial charge < -0.3 is 19.5 Å². The van der Waals surface area contributed by atoms with Crippen molar-refractivity contribution in [1.29, 1.82) is 0 Å². The number of carbonyl (C=O) groups excluding carboxylic acids is 2. The fourth-order valence-corrected chi connectivity index (χ4v) is 8.20. The maximum absolute atomic E-state index is 13.0. The SMILES string of the molecule is CCCCCCCCCC(=O)OCC(C)(C)CCCCCN(CCCCO)CCCCCC1(CC(=O)OCC(CCCCCCC)CCCCCCC)CC1. The summed E-state index contributed by atoms with van der Waals surface area (Å²) >= 11 is 0. The molecular formula is C49H95NO5. The van der Waals surface area contributed by atoms with Crippen LogP contribution in [0.2, 0.25) is 0 Å². The number of nitrogens with zero attached hydrogens (tertiary/aromatic N) is 1. The summed E-state index contributed by atoms with van der Waals surface area (Å²) in [5, 5.41) is 9.36. The standard InChI is InChI=1S/C49H95NO5/c1-6-9-12-15-16-19-24-33-46(52)55-44-48(4,5)34-25-20-27-38-50(40-29-30-41-51)39-28-21-26-35-49(36-37-49)42-47(53)54-43-45(31-22-17-13-10-7-2)32-23-18-14-11-8-3/h45,51H,6-44H2,1-5H3. The number of rotatable bonds is 42. The topological polar surface area (TPSA) is 76.1 Å². The summed E-state index contributed by atoms with van der Waals surface area (Å²) in [6.45, 7) is 16.0. The van der Waals surface area contributed by atoms with Crippen LogP contribution in [0.4, 0.5) is 0 Å². The Labute approximate surface area is 342 Å². The lowest BCUT2D eigenvalue weighted by Crippen LogP contribution is -2.27. The molecular weight excluding hydrogens is 683 g/mol. The molecule has 0 aromatic carbocycles. The Kier molecular flexibility index (Phi) is 32.9. The summed E-state index contributed by atoms with van der Waals surface area (Å²) in [5.41, 5.74) is 0.239. The van der Waals surface area contributed by atoms with E-state index in [4.69, 9.17) is 9.47 Å². The number of ether oxygens (including phenoxy) is 2. The molecule has 55 heavy (non-hydrogen) atoms. The van der Waals surface area contributed by atoms with E-state index in [1.165, 1.54) is 154 Å².